The quantitative estimate of drug-likeness (QED) is 0.693. The van der Waals surface area contributed by atoms with E-state index in [2.05, 4.69) is 4.90 Å². The number of amides is 2. The molecular formula is C23H26N2O3. The van der Waals surface area contributed by atoms with Crippen molar-refractivity contribution in [2.24, 2.45) is 5.92 Å². The number of imide groups is 1. The van der Waals surface area contributed by atoms with E-state index in [-0.39, 0.29) is 11.8 Å². The lowest BCUT2D eigenvalue weighted by atomic mass is 9.99. The lowest BCUT2D eigenvalue weighted by molar-refractivity contribution is 0.0641. The first-order valence-electron chi connectivity index (χ1n) is 10.1. The fourth-order valence-corrected chi connectivity index (χ4v) is 4.12. The Morgan fingerprint density at radius 3 is 2.29 bits per heavy atom. The van der Waals surface area contributed by atoms with E-state index in [9.17, 15) is 9.59 Å². The largest absolute Gasteiger partial charge is 0.493 e. The monoisotopic (exact) mass is 378 g/mol. The highest BCUT2D eigenvalue weighted by Crippen LogP contribution is 2.23. The molecule has 1 saturated heterocycles. The second kappa shape index (κ2) is 8.57. The summed E-state index contributed by atoms with van der Waals surface area (Å²) in [7, 11) is 0. The van der Waals surface area contributed by atoms with Crippen molar-refractivity contribution in [2.45, 2.75) is 19.3 Å². The second-order valence-corrected chi connectivity index (χ2v) is 7.59. The molecular weight excluding hydrogens is 352 g/mol. The molecule has 146 valence electrons. The maximum absolute atomic E-state index is 12.4. The first kappa shape index (κ1) is 18.7. The lowest BCUT2D eigenvalue weighted by Crippen LogP contribution is -2.40. The average Bonchev–Trinajstić information content (AvgIpc) is 2.98. The minimum absolute atomic E-state index is 0.159. The molecule has 1 fully saturated rings. The van der Waals surface area contributed by atoms with Gasteiger partial charge in [0.25, 0.3) is 11.8 Å². The Morgan fingerprint density at radius 2 is 1.57 bits per heavy atom. The molecule has 0 aliphatic carbocycles. The Kier molecular flexibility index (Phi) is 5.72. The number of carbonyl (C=O) groups is 2. The number of para-hydroxylation sites is 1. The van der Waals surface area contributed by atoms with Gasteiger partial charge in [0.1, 0.15) is 5.75 Å². The van der Waals surface area contributed by atoms with Crippen LogP contribution < -0.4 is 4.74 Å². The molecule has 0 bridgehead atoms. The third-order valence-corrected chi connectivity index (χ3v) is 5.57. The summed E-state index contributed by atoms with van der Waals surface area (Å²) < 4.78 is 5.92. The highest BCUT2D eigenvalue weighted by Gasteiger charge is 2.34. The van der Waals surface area contributed by atoms with Gasteiger partial charge in [0, 0.05) is 19.0 Å². The Labute approximate surface area is 165 Å². The molecule has 5 nitrogen and oxygen atoms in total. The maximum atomic E-state index is 12.4. The predicted molar refractivity (Wildman–Crippen MR) is 108 cm³/mol. The normalized spacial score (nSPS) is 19.7. The van der Waals surface area contributed by atoms with Gasteiger partial charge in [0.2, 0.25) is 0 Å². The van der Waals surface area contributed by atoms with Crippen molar-refractivity contribution in [3.63, 3.8) is 0 Å². The van der Waals surface area contributed by atoms with Gasteiger partial charge in [-0.15, -0.1) is 0 Å². The van der Waals surface area contributed by atoms with Crippen LogP contribution in [0.5, 0.6) is 5.75 Å². The summed E-state index contributed by atoms with van der Waals surface area (Å²) in [6.45, 7) is 4.20. The molecule has 1 unspecified atom stereocenters. The van der Waals surface area contributed by atoms with Gasteiger partial charge in [-0.3, -0.25) is 14.5 Å². The lowest BCUT2D eigenvalue weighted by Gasteiger charge is -2.32. The number of carbonyl (C=O) groups excluding carboxylic acids is 2. The number of ether oxygens (including phenoxy) is 1. The molecule has 5 heteroatoms. The molecule has 28 heavy (non-hydrogen) atoms. The van der Waals surface area contributed by atoms with Crippen LogP contribution in [0.25, 0.3) is 0 Å². The number of nitrogens with zero attached hydrogens (tertiary/aromatic N) is 2. The third kappa shape index (κ3) is 4.09. The minimum Gasteiger partial charge on any atom is -0.493 e. The van der Waals surface area contributed by atoms with Crippen LogP contribution in [0.2, 0.25) is 0 Å². The fourth-order valence-electron chi connectivity index (χ4n) is 4.12. The van der Waals surface area contributed by atoms with E-state index < -0.39 is 0 Å². The van der Waals surface area contributed by atoms with E-state index in [0.717, 1.165) is 44.8 Å². The number of hydrogen-bond acceptors (Lipinski definition) is 4. The molecule has 0 N–H and O–H groups in total. The molecule has 2 aromatic carbocycles. The number of benzene rings is 2. The number of fused-ring (bicyclic) bond motifs is 1. The molecule has 1 atom stereocenters. The third-order valence-electron chi connectivity index (χ3n) is 5.57. The van der Waals surface area contributed by atoms with Crippen molar-refractivity contribution in [2.75, 3.05) is 32.8 Å². The zero-order valence-electron chi connectivity index (χ0n) is 16.0. The molecule has 4 rings (SSSR count). The van der Waals surface area contributed by atoms with Crippen LogP contribution in [0.4, 0.5) is 0 Å². The smallest absolute Gasteiger partial charge is 0.261 e. The summed E-state index contributed by atoms with van der Waals surface area (Å²) in [6.07, 6.45) is 3.15. The standard InChI is InChI=1S/C23H26N2O3/c26-22-20-11-4-5-12-21(20)23(27)25(22)15-7-14-24-13-6-8-18(16-24)17-28-19-9-2-1-3-10-19/h1-5,9-12,18H,6-8,13-17H2. The van der Waals surface area contributed by atoms with Gasteiger partial charge in [0.05, 0.1) is 17.7 Å². The Hall–Kier alpha value is -2.66. The summed E-state index contributed by atoms with van der Waals surface area (Å²) in [5.74, 6) is 1.13. The van der Waals surface area contributed by atoms with Crippen molar-refractivity contribution in [1.29, 1.82) is 0 Å². The van der Waals surface area contributed by atoms with Crippen LogP contribution in [-0.2, 0) is 0 Å². The molecule has 2 aliphatic heterocycles. The summed E-state index contributed by atoms with van der Waals surface area (Å²) in [6, 6.07) is 17.0. The van der Waals surface area contributed by atoms with Crippen LogP contribution >= 0.6 is 0 Å². The highest BCUT2D eigenvalue weighted by atomic mass is 16.5. The van der Waals surface area contributed by atoms with Crippen LogP contribution in [-0.4, -0.2) is 54.4 Å². The maximum Gasteiger partial charge on any atom is 0.261 e. The summed E-state index contributed by atoms with van der Waals surface area (Å²) in [4.78, 5) is 28.7. The van der Waals surface area contributed by atoms with Crippen molar-refractivity contribution in [1.82, 2.24) is 9.80 Å². The molecule has 2 aromatic rings. The number of likely N-dealkylation sites (tertiary alicyclic amines) is 1. The van der Waals surface area contributed by atoms with Crippen molar-refractivity contribution in [3.05, 3.63) is 65.7 Å². The first-order valence-corrected chi connectivity index (χ1v) is 10.1. The van der Waals surface area contributed by atoms with Gasteiger partial charge < -0.3 is 9.64 Å². The topological polar surface area (TPSA) is 49.9 Å². The summed E-state index contributed by atoms with van der Waals surface area (Å²) in [5, 5.41) is 0. The average molecular weight is 378 g/mol. The number of rotatable bonds is 7. The van der Waals surface area contributed by atoms with E-state index >= 15 is 0 Å². The van der Waals surface area contributed by atoms with E-state index in [1.807, 2.05) is 30.3 Å². The Bertz CT molecular complexity index is 802. The van der Waals surface area contributed by atoms with Crippen LogP contribution in [0.3, 0.4) is 0 Å². The zero-order valence-corrected chi connectivity index (χ0v) is 16.0. The Balaban J connectivity index is 1.23. The number of hydrogen-bond donors (Lipinski definition) is 0. The van der Waals surface area contributed by atoms with E-state index in [0.29, 0.717) is 23.6 Å². The first-order chi connectivity index (χ1) is 13.7. The predicted octanol–water partition coefficient (Wildman–Crippen LogP) is 3.46. The zero-order chi connectivity index (χ0) is 19.3. The molecule has 2 amide bonds. The summed E-state index contributed by atoms with van der Waals surface area (Å²) in [5.41, 5.74) is 1.06. The Morgan fingerprint density at radius 1 is 0.893 bits per heavy atom. The molecule has 2 heterocycles. The van der Waals surface area contributed by atoms with Crippen molar-refractivity contribution in [3.8, 4) is 5.75 Å². The SMILES string of the molecule is O=C1c2ccccc2C(=O)N1CCCN1CCCC(COc2ccccc2)C1. The van der Waals surface area contributed by atoms with E-state index in [1.165, 1.54) is 11.3 Å². The van der Waals surface area contributed by atoms with E-state index in [4.69, 9.17) is 4.74 Å². The molecule has 0 radical (unpaired) electrons. The molecule has 0 aromatic heterocycles. The summed E-state index contributed by atoms with van der Waals surface area (Å²) >= 11 is 0. The fraction of sp³-hybridized carbons (Fsp3) is 0.391. The van der Waals surface area contributed by atoms with Gasteiger partial charge >= 0.3 is 0 Å². The van der Waals surface area contributed by atoms with Crippen molar-refractivity contribution >= 4 is 11.8 Å². The van der Waals surface area contributed by atoms with Gasteiger partial charge in [-0.05, 0) is 56.6 Å². The minimum atomic E-state index is -0.159. The highest BCUT2D eigenvalue weighted by molar-refractivity contribution is 6.21. The van der Waals surface area contributed by atoms with Gasteiger partial charge in [-0.2, -0.15) is 0 Å². The van der Waals surface area contributed by atoms with Crippen molar-refractivity contribution < 1.29 is 14.3 Å². The van der Waals surface area contributed by atoms with Crippen LogP contribution in [0, 0.1) is 5.92 Å². The van der Waals surface area contributed by atoms with Gasteiger partial charge in [-0.1, -0.05) is 30.3 Å². The molecule has 2 aliphatic rings. The second-order valence-electron chi connectivity index (χ2n) is 7.59. The van der Waals surface area contributed by atoms with E-state index in [1.54, 1.807) is 24.3 Å². The molecule has 0 saturated carbocycles. The van der Waals surface area contributed by atoms with Crippen LogP contribution in [0.15, 0.2) is 54.6 Å². The van der Waals surface area contributed by atoms with Crippen LogP contribution in [0.1, 0.15) is 40.0 Å². The van der Waals surface area contributed by atoms with Gasteiger partial charge in [-0.25, -0.2) is 0 Å². The molecule has 0 spiro atoms. The number of piperidine rings is 1. The van der Waals surface area contributed by atoms with Gasteiger partial charge in [0.15, 0.2) is 0 Å².